The molecule has 0 spiro atoms. The predicted molar refractivity (Wildman–Crippen MR) is 85.7 cm³/mol. The van der Waals surface area contributed by atoms with Gasteiger partial charge in [0.25, 0.3) is 0 Å². The number of benzene rings is 1. The highest BCUT2D eigenvalue weighted by atomic mass is 35.5. The zero-order valence-electron chi connectivity index (χ0n) is 12.6. The number of rotatable bonds is 10. The lowest BCUT2D eigenvalue weighted by Gasteiger charge is -2.20. The van der Waals surface area contributed by atoms with Crippen molar-refractivity contribution in [3.8, 4) is 0 Å². The molecule has 0 aromatic heterocycles. The molecular formula is C17H24ClF2N. The number of hydrogen-bond donors (Lipinski definition) is 1. The highest BCUT2D eigenvalue weighted by Gasteiger charge is 2.17. The smallest absolute Gasteiger partial charge is 0.142 e. The second kappa shape index (κ2) is 9.91. The van der Waals surface area contributed by atoms with Crippen LogP contribution in [-0.4, -0.2) is 6.54 Å². The summed E-state index contributed by atoms with van der Waals surface area (Å²) >= 11 is 5.61. The number of nitrogens with one attached hydrogen (secondary N) is 1. The van der Waals surface area contributed by atoms with Gasteiger partial charge in [0.2, 0.25) is 0 Å². The van der Waals surface area contributed by atoms with Crippen LogP contribution < -0.4 is 5.32 Å². The molecule has 118 valence electrons. The van der Waals surface area contributed by atoms with E-state index in [9.17, 15) is 8.78 Å². The van der Waals surface area contributed by atoms with Crippen LogP contribution in [0.1, 0.15) is 57.1 Å². The van der Waals surface area contributed by atoms with Crippen molar-refractivity contribution in [1.29, 1.82) is 0 Å². The Morgan fingerprint density at radius 1 is 1.24 bits per heavy atom. The standard InChI is InChI=1S/C17H24ClF2N/c1-3-5-6-7-8-9-17(21-10-4-2)13-11-16(20)14(18)12-15(13)19/h3,11-12,17,21H,1,4-10H2,2H3. The molecule has 0 saturated heterocycles. The van der Waals surface area contributed by atoms with Gasteiger partial charge in [0.1, 0.15) is 11.6 Å². The predicted octanol–water partition coefficient (Wildman–Crippen LogP) is 5.80. The Hall–Kier alpha value is -0.930. The summed E-state index contributed by atoms with van der Waals surface area (Å²) in [4.78, 5) is 0. The Morgan fingerprint density at radius 3 is 2.67 bits per heavy atom. The summed E-state index contributed by atoms with van der Waals surface area (Å²) in [6.07, 6.45) is 7.76. The van der Waals surface area contributed by atoms with Crippen LogP contribution in [0.3, 0.4) is 0 Å². The molecule has 21 heavy (non-hydrogen) atoms. The summed E-state index contributed by atoms with van der Waals surface area (Å²) in [5.41, 5.74) is 0.370. The van der Waals surface area contributed by atoms with E-state index in [-0.39, 0.29) is 11.1 Å². The zero-order valence-corrected chi connectivity index (χ0v) is 13.4. The first-order valence-corrected chi connectivity index (χ1v) is 7.96. The third-order valence-corrected chi connectivity index (χ3v) is 3.75. The van der Waals surface area contributed by atoms with Crippen molar-refractivity contribution >= 4 is 11.6 Å². The molecule has 1 nitrogen and oxygen atoms in total. The number of halogens is 3. The van der Waals surface area contributed by atoms with E-state index in [1.54, 1.807) is 0 Å². The lowest BCUT2D eigenvalue weighted by molar-refractivity contribution is 0.449. The topological polar surface area (TPSA) is 12.0 Å². The summed E-state index contributed by atoms with van der Waals surface area (Å²) < 4.78 is 27.6. The monoisotopic (exact) mass is 315 g/mol. The van der Waals surface area contributed by atoms with Crippen molar-refractivity contribution in [3.05, 3.63) is 47.0 Å². The second-order valence-corrected chi connectivity index (χ2v) is 5.63. The molecule has 0 fully saturated rings. The Balaban J connectivity index is 2.72. The van der Waals surface area contributed by atoms with E-state index in [2.05, 4.69) is 11.9 Å². The van der Waals surface area contributed by atoms with Gasteiger partial charge in [-0.05, 0) is 44.4 Å². The lowest BCUT2D eigenvalue weighted by atomic mass is 9.99. The van der Waals surface area contributed by atoms with E-state index >= 15 is 0 Å². The Labute approximate surface area is 131 Å². The molecule has 0 aliphatic heterocycles. The molecule has 1 rings (SSSR count). The van der Waals surface area contributed by atoms with Gasteiger partial charge in [0.15, 0.2) is 0 Å². The fourth-order valence-electron chi connectivity index (χ4n) is 2.30. The molecule has 0 aliphatic carbocycles. The first kappa shape index (κ1) is 18.1. The number of allylic oxidation sites excluding steroid dienone is 1. The minimum Gasteiger partial charge on any atom is -0.310 e. The summed E-state index contributed by atoms with van der Waals surface area (Å²) in [5, 5.41) is 3.12. The van der Waals surface area contributed by atoms with Gasteiger partial charge >= 0.3 is 0 Å². The molecule has 0 aliphatic rings. The van der Waals surface area contributed by atoms with Crippen LogP contribution in [0.25, 0.3) is 0 Å². The summed E-state index contributed by atoms with van der Waals surface area (Å²) in [6.45, 7) is 6.52. The van der Waals surface area contributed by atoms with Crippen LogP contribution in [0, 0.1) is 11.6 Å². The molecule has 0 saturated carbocycles. The average molecular weight is 316 g/mol. The van der Waals surface area contributed by atoms with Crippen LogP contribution in [-0.2, 0) is 0 Å². The summed E-state index contributed by atoms with van der Waals surface area (Å²) in [6, 6.07) is 2.11. The summed E-state index contributed by atoms with van der Waals surface area (Å²) in [5.74, 6) is -1.01. The van der Waals surface area contributed by atoms with E-state index in [4.69, 9.17) is 11.6 Å². The maximum absolute atomic E-state index is 14.0. The molecule has 4 heteroatoms. The lowest BCUT2D eigenvalue weighted by Crippen LogP contribution is -2.23. The van der Waals surface area contributed by atoms with Crippen LogP contribution in [0.5, 0.6) is 0 Å². The minimum atomic E-state index is -0.567. The van der Waals surface area contributed by atoms with Gasteiger partial charge < -0.3 is 5.32 Å². The number of unbranched alkanes of at least 4 members (excludes halogenated alkanes) is 3. The molecule has 0 amide bonds. The Bertz CT molecular complexity index is 449. The van der Waals surface area contributed by atoms with Gasteiger partial charge in [-0.3, -0.25) is 0 Å². The van der Waals surface area contributed by atoms with Gasteiger partial charge in [-0.15, -0.1) is 6.58 Å². The van der Waals surface area contributed by atoms with E-state index in [0.717, 1.165) is 51.1 Å². The quantitative estimate of drug-likeness (QED) is 0.327. The van der Waals surface area contributed by atoms with Gasteiger partial charge in [-0.1, -0.05) is 37.4 Å². The molecule has 0 bridgehead atoms. The second-order valence-electron chi connectivity index (χ2n) is 5.22. The maximum Gasteiger partial charge on any atom is 0.142 e. The average Bonchev–Trinajstić information content (AvgIpc) is 2.46. The minimum absolute atomic E-state index is 0.166. The highest BCUT2D eigenvalue weighted by molar-refractivity contribution is 6.30. The van der Waals surface area contributed by atoms with Crippen LogP contribution >= 0.6 is 11.6 Å². The largest absolute Gasteiger partial charge is 0.310 e. The van der Waals surface area contributed by atoms with E-state index < -0.39 is 11.6 Å². The third-order valence-electron chi connectivity index (χ3n) is 3.46. The first-order chi connectivity index (χ1) is 10.1. The van der Waals surface area contributed by atoms with Crippen molar-refractivity contribution < 1.29 is 8.78 Å². The zero-order chi connectivity index (χ0) is 15.7. The van der Waals surface area contributed by atoms with E-state index in [1.165, 1.54) is 6.07 Å². The molecule has 0 radical (unpaired) electrons. The SMILES string of the molecule is C=CCCCCCC(NCCC)c1cc(F)c(Cl)cc1F. The molecular weight excluding hydrogens is 292 g/mol. The van der Waals surface area contributed by atoms with Gasteiger partial charge in [-0.25, -0.2) is 8.78 Å². The normalized spacial score (nSPS) is 12.4. The van der Waals surface area contributed by atoms with Gasteiger partial charge in [0, 0.05) is 11.6 Å². The molecule has 1 aromatic rings. The van der Waals surface area contributed by atoms with Crippen molar-refractivity contribution in [3.63, 3.8) is 0 Å². The van der Waals surface area contributed by atoms with Crippen molar-refractivity contribution in [1.82, 2.24) is 5.32 Å². The molecule has 1 N–H and O–H groups in total. The van der Waals surface area contributed by atoms with Crippen molar-refractivity contribution in [2.24, 2.45) is 0 Å². The van der Waals surface area contributed by atoms with Crippen molar-refractivity contribution in [2.45, 2.75) is 51.5 Å². The molecule has 0 heterocycles. The van der Waals surface area contributed by atoms with E-state index in [1.807, 2.05) is 13.0 Å². The fraction of sp³-hybridized carbons (Fsp3) is 0.529. The maximum atomic E-state index is 14.0. The molecule has 1 unspecified atom stereocenters. The number of hydrogen-bond acceptors (Lipinski definition) is 1. The first-order valence-electron chi connectivity index (χ1n) is 7.58. The van der Waals surface area contributed by atoms with E-state index in [0.29, 0.717) is 5.56 Å². The van der Waals surface area contributed by atoms with Crippen LogP contribution in [0.15, 0.2) is 24.8 Å². The highest BCUT2D eigenvalue weighted by Crippen LogP contribution is 2.27. The molecule has 1 aromatic carbocycles. The third kappa shape index (κ3) is 6.15. The summed E-state index contributed by atoms with van der Waals surface area (Å²) in [7, 11) is 0. The molecule has 1 atom stereocenters. The Morgan fingerprint density at radius 2 is 2.00 bits per heavy atom. The van der Waals surface area contributed by atoms with Gasteiger partial charge in [-0.2, -0.15) is 0 Å². The van der Waals surface area contributed by atoms with Gasteiger partial charge in [0.05, 0.1) is 5.02 Å². The van der Waals surface area contributed by atoms with Crippen LogP contribution in [0.2, 0.25) is 5.02 Å². The Kier molecular flexibility index (Phi) is 8.55. The fourth-order valence-corrected chi connectivity index (χ4v) is 2.46. The van der Waals surface area contributed by atoms with Crippen LogP contribution in [0.4, 0.5) is 8.78 Å². The van der Waals surface area contributed by atoms with Crippen molar-refractivity contribution in [2.75, 3.05) is 6.54 Å².